The summed E-state index contributed by atoms with van der Waals surface area (Å²) in [6.45, 7) is 10.5. The molecule has 24 heavy (non-hydrogen) atoms. The first-order valence-electron chi connectivity index (χ1n) is 7.82. The summed E-state index contributed by atoms with van der Waals surface area (Å²) in [4.78, 5) is 0. The van der Waals surface area contributed by atoms with Crippen LogP contribution in [0.4, 0.5) is 0 Å². The van der Waals surface area contributed by atoms with E-state index in [2.05, 4.69) is 33.9 Å². The van der Waals surface area contributed by atoms with Gasteiger partial charge in [0.2, 0.25) is 0 Å². The van der Waals surface area contributed by atoms with Crippen molar-refractivity contribution >= 4 is 18.6 Å². The van der Waals surface area contributed by atoms with E-state index in [4.69, 9.17) is 18.5 Å². The average molecular weight is 376 g/mol. The normalized spacial score (nSPS) is 14.5. The molecule has 1 aromatic rings. The molecule has 0 bridgehead atoms. The number of hydrogen-bond donors (Lipinski definition) is 1. The Bertz CT molecular complexity index is 623. The van der Waals surface area contributed by atoms with E-state index >= 15 is 0 Å². The molecule has 0 heterocycles. The van der Waals surface area contributed by atoms with Crippen LogP contribution in [0.3, 0.4) is 0 Å². The van der Waals surface area contributed by atoms with E-state index in [1.54, 1.807) is 7.11 Å². The number of ether oxygens (including phenoxy) is 1. The predicted octanol–water partition coefficient (Wildman–Crippen LogP) is 2.85. The van der Waals surface area contributed by atoms with Crippen LogP contribution in [0.15, 0.2) is 24.3 Å². The number of nitrogens with two attached hydrogens (primary N) is 1. The summed E-state index contributed by atoms with van der Waals surface area (Å²) in [7, 11) is -4.46. The van der Waals surface area contributed by atoms with Crippen LogP contribution in [0.2, 0.25) is 18.1 Å². The van der Waals surface area contributed by atoms with Gasteiger partial charge < -0.3 is 9.16 Å². The van der Waals surface area contributed by atoms with Gasteiger partial charge in [0.05, 0.1) is 19.8 Å². The molecule has 138 valence electrons. The van der Waals surface area contributed by atoms with E-state index < -0.39 is 24.7 Å². The van der Waals surface area contributed by atoms with Crippen molar-refractivity contribution in [3.8, 4) is 5.75 Å². The lowest BCUT2D eigenvalue weighted by Crippen LogP contribution is -2.46. The monoisotopic (exact) mass is 375 g/mol. The highest BCUT2D eigenvalue weighted by Gasteiger charge is 2.39. The van der Waals surface area contributed by atoms with Gasteiger partial charge in [-0.05, 0) is 42.2 Å². The molecule has 0 aliphatic heterocycles. The molecule has 0 aromatic heterocycles. The summed E-state index contributed by atoms with van der Waals surface area (Å²) in [5, 5.41) is 4.96. The molecule has 0 radical (unpaired) electrons. The lowest BCUT2D eigenvalue weighted by Gasteiger charge is -2.39. The smallest absolute Gasteiger partial charge is 0.333 e. The van der Waals surface area contributed by atoms with Crippen LogP contribution in [0.25, 0.3) is 0 Å². The number of benzene rings is 1. The molecule has 1 rings (SSSR count). The minimum atomic E-state index is -4.00. The van der Waals surface area contributed by atoms with Gasteiger partial charge in [-0.1, -0.05) is 32.9 Å². The maximum atomic E-state index is 11.1. The quantitative estimate of drug-likeness (QED) is 0.706. The third kappa shape index (κ3) is 6.90. The Labute approximate surface area is 146 Å². The minimum absolute atomic E-state index is 0.00669. The van der Waals surface area contributed by atoms with Crippen LogP contribution in [0.5, 0.6) is 5.75 Å². The van der Waals surface area contributed by atoms with Gasteiger partial charge >= 0.3 is 10.3 Å². The molecule has 0 fully saturated rings. The molecule has 0 saturated carbocycles. The summed E-state index contributed by atoms with van der Waals surface area (Å²) >= 11 is 0. The number of methoxy groups -OCH3 is 1. The van der Waals surface area contributed by atoms with Gasteiger partial charge in [-0.25, -0.2) is 5.14 Å². The zero-order valence-electron chi connectivity index (χ0n) is 15.3. The molecule has 0 unspecified atom stereocenters. The van der Waals surface area contributed by atoms with E-state index in [1.807, 2.05) is 24.3 Å². The summed E-state index contributed by atoms with van der Waals surface area (Å²) in [6.07, 6.45) is 0.143. The molecule has 0 spiro atoms. The Hall–Kier alpha value is -0.933. The van der Waals surface area contributed by atoms with Gasteiger partial charge in [-0.15, -0.1) is 0 Å². The van der Waals surface area contributed by atoms with E-state index in [-0.39, 0.29) is 11.6 Å². The fourth-order valence-electron chi connectivity index (χ4n) is 1.92. The van der Waals surface area contributed by atoms with Gasteiger partial charge in [0.1, 0.15) is 5.75 Å². The largest absolute Gasteiger partial charge is 0.497 e. The molecular formula is C16H29NO5SSi. The Morgan fingerprint density at radius 2 is 1.71 bits per heavy atom. The molecular weight excluding hydrogens is 346 g/mol. The Balaban J connectivity index is 2.91. The molecule has 0 amide bonds. The highest BCUT2D eigenvalue weighted by Crippen LogP contribution is 2.37. The molecule has 1 atom stereocenters. The standard InChI is InChI=1S/C16H29NO5SSi/c1-16(2,3)24(5,6)22-15(12-21-23(17,18)19)11-13-7-9-14(20-4)10-8-13/h7-10,15H,11-12H2,1-6H3,(H2,17,18,19)/t15-/m1/s1. The Morgan fingerprint density at radius 3 is 2.12 bits per heavy atom. The van der Waals surface area contributed by atoms with Crippen molar-refractivity contribution in [3.05, 3.63) is 29.8 Å². The first-order valence-corrected chi connectivity index (χ1v) is 12.2. The summed E-state index contributed by atoms with van der Waals surface area (Å²) in [6, 6.07) is 7.58. The van der Waals surface area contributed by atoms with Crippen molar-refractivity contribution in [2.75, 3.05) is 13.7 Å². The molecule has 0 saturated heterocycles. The van der Waals surface area contributed by atoms with Crippen molar-refractivity contribution in [1.29, 1.82) is 0 Å². The summed E-state index contributed by atoms with van der Waals surface area (Å²) < 4.78 is 38.5. The topological polar surface area (TPSA) is 87.9 Å². The van der Waals surface area contributed by atoms with Gasteiger partial charge in [0.15, 0.2) is 8.32 Å². The second kappa shape index (κ2) is 7.96. The first kappa shape index (κ1) is 21.1. The Morgan fingerprint density at radius 1 is 1.17 bits per heavy atom. The maximum Gasteiger partial charge on any atom is 0.333 e. The van der Waals surface area contributed by atoms with Crippen molar-refractivity contribution < 1.29 is 21.8 Å². The highest BCUT2D eigenvalue weighted by molar-refractivity contribution is 7.84. The zero-order chi connectivity index (χ0) is 18.6. The van der Waals surface area contributed by atoms with Gasteiger partial charge in [-0.2, -0.15) is 8.42 Å². The van der Waals surface area contributed by atoms with Crippen molar-refractivity contribution in [3.63, 3.8) is 0 Å². The van der Waals surface area contributed by atoms with Crippen LogP contribution in [-0.4, -0.2) is 36.6 Å². The van der Waals surface area contributed by atoms with Gasteiger partial charge in [-0.3, -0.25) is 4.18 Å². The lowest BCUT2D eigenvalue weighted by molar-refractivity contribution is 0.118. The number of rotatable bonds is 8. The van der Waals surface area contributed by atoms with Crippen LogP contribution >= 0.6 is 0 Å². The number of hydrogen-bond acceptors (Lipinski definition) is 5. The van der Waals surface area contributed by atoms with E-state index in [1.165, 1.54) is 0 Å². The van der Waals surface area contributed by atoms with Gasteiger partial charge in [0.25, 0.3) is 0 Å². The van der Waals surface area contributed by atoms with Crippen LogP contribution in [0, 0.1) is 0 Å². The van der Waals surface area contributed by atoms with E-state index in [0.717, 1.165) is 11.3 Å². The average Bonchev–Trinajstić information content (AvgIpc) is 2.43. The van der Waals surface area contributed by atoms with Crippen LogP contribution < -0.4 is 9.88 Å². The summed E-state index contributed by atoms with van der Waals surface area (Å²) in [5.41, 5.74) is 1.01. The lowest BCUT2D eigenvalue weighted by atomic mass is 10.1. The van der Waals surface area contributed by atoms with Crippen molar-refractivity contribution in [2.45, 2.75) is 51.4 Å². The zero-order valence-corrected chi connectivity index (χ0v) is 17.1. The Kier molecular flexibility index (Phi) is 7.01. The maximum absolute atomic E-state index is 11.1. The molecule has 8 heteroatoms. The van der Waals surface area contributed by atoms with Gasteiger partial charge in [0, 0.05) is 0 Å². The first-order chi connectivity index (χ1) is 10.8. The van der Waals surface area contributed by atoms with Crippen molar-refractivity contribution in [1.82, 2.24) is 0 Å². The highest BCUT2D eigenvalue weighted by atomic mass is 32.2. The molecule has 2 N–H and O–H groups in total. The van der Waals surface area contributed by atoms with E-state index in [0.29, 0.717) is 6.42 Å². The third-order valence-electron chi connectivity index (χ3n) is 4.31. The minimum Gasteiger partial charge on any atom is -0.497 e. The fraction of sp³-hybridized carbons (Fsp3) is 0.625. The van der Waals surface area contributed by atoms with E-state index in [9.17, 15) is 8.42 Å². The van der Waals surface area contributed by atoms with Crippen molar-refractivity contribution in [2.24, 2.45) is 5.14 Å². The SMILES string of the molecule is COc1ccc(C[C@H](COS(N)(=O)=O)O[Si](C)(C)C(C)(C)C)cc1. The van der Waals surface area contributed by atoms with Crippen LogP contribution in [-0.2, 0) is 25.3 Å². The fourth-order valence-corrected chi connectivity index (χ4v) is 3.60. The molecule has 1 aromatic carbocycles. The molecule has 0 aliphatic carbocycles. The second-order valence-electron chi connectivity index (χ2n) is 7.33. The summed E-state index contributed by atoms with van der Waals surface area (Å²) in [5.74, 6) is 0.765. The molecule has 0 aliphatic rings. The second-order valence-corrected chi connectivity index (χ2v) is 13.3. The third-order valence-corrected chi connectivity index (χ3v) is 9.31. The molecule has 6 nitrogen and oxygen atoms in total. The van der Waals surface area contributed by atoms with Crippen LogP contribution in [0.1, 0.15) is 26.3 Å². The predicted molar refractivity (Wildman–Crippen MR) is 97.8 cm³/mol.